The Hall–Kier alpha value is -2.48. The SMILES string of the molecule is CO[C@H]1[C@@H]([C@]2(C)O[C@H]2CC=C(C)C)[C@@]2(CC[C@H]1OC(=O)/C=C/C=C/C=C/C=C/C(=O)O)CO2. The normalized spacial score (nSPS) is 35.6. The number of ether oxygens (including phenoxy) is 4. The van der Waals surface area contributed by atoms with E-state index in [0.717, 1.165) is 18.9 Å². The molecular formula is C26H34O7. The lowest BCUT2D eigenvalue weighted by atomic mass is 9.68. The van der Waals surface area contributed by atoms with E-state index in [9.17, 15) is 9.59 Å². The molecule has 1 aliphatic carbocycles. The molecule has 1 N–H and O–H groups in total. The number of allylic oxidation sites excluding steroid dienone is 7. The lowest BCUT2D eigenvalue weighted by molar-refractivity contribution is -0.166. The Bertz CT molecular complexity index is 873. The maximum atomic E-state index is 12.4. The molecule has 1 saturated carbocycles. The minimum absolute atomic E-state index is 0.00928. The summed E-state index contributed by atoms with van der Waals surface area (Å²) in [4.78, 5) is 22.8. The molecule has 0 aromatic heterocycles. The van der Waals surface area contributed by atoms with Gasteiger partial charge in [0.2, 0.25) is 0 Å². The number of carbonyl (C=O) groups is 2. The Morgan fingerprint density at radius 2 is 1.73 bits per heavy atom. The van der Waals surface area contributed by atoms with Gasteiger partial charge in [-0.3, -0.25) is 0 Å². The Labute approximate surface area is 195 Å². The van der Waals surface area contributed by atoms with Gasteiger partial charge < -0.3 is 24.1 Å². The molecule has 2 saturated heterocycles. The summed E-state index contributed by atoms with van der Waals surface area (Å²) in [5.41, 5.74) is 0.642. The van der Waals surface area contributed by atoms with Crippen LogP contribution in [0.2, 0.25) is 0 Å². The van der Waals surface area contributed by atoms with Crippen molar-refractivity contribution in [3.8, 4) is 0 Å². The van der Waals surface area contributed by atoms with Crippen LogP contribution in [-0.4, -0.2) is 60.3 Å². The van der Waals surface area contributed by atoms with Gasteiger partial charge >= 0.3 is 11.9 Å². The monoisotopic (exact) mass is 458 g/mol. The van der Waals surface area contributed by atoms with Crippen molar-refractivity contribution in [2.24, 2.45) is 5.92 Å². The number of hydrogen-bond donors (Lipinski definition) is 1. The Morgan fingerprint density at radius 1 is 1.09 bits per heavy atom. The van der Waals surface area contributed by atoms with Crippen LogP contribution in [0.3, 0.4) is 0 Å². The third-order valence-corrected chi connectivity index (χ3v) is 6.53. The molecule has 7 nitrogen and oxygen atoms in total. The van der Waals surface area contributed by atoms with Crippen LogP contribution >= 0.6 is 0 Å². The van der Waals surface area contributed by atoms with Gasteiger partial charge in [-0.15, -0.1) is 0 Å². The van der Waals surface area contributed by atoms with E-state index in [4.69, 9.17) is 24.1 Å². The van der Waals surface area contributed by atoms with Gasteiger partial charge in [-0.05, 0) is 40.0 Å². The number of hydrogen-bond acceptors (Lipinski definition) is 6. The fraction of sp³-hybridized carbons (Fsp3) is 0.538. The lowest BCUT2D eigenvalue weighted by Gasteiger charge is -2.42. The van der Waals surface area contributed by atoms with Gasteiger partial charge in [0.15, 0.2) is 0 Å². The number of rotatable bonds is 10. The number of aliphatic carboxylic acids is 1. The molecule has 6 atom stereocenters. The zero-order valence-corrected chi connectivity index (χ0v) is 19.7. The number of carbonyl (C=O) groups excluding carboxylic acids is 1. The predicted octanol–water partition coefficient (Wildman–Crippen LogP) is 3.92. The number of epoxide rings is 2. The van der Waals surface area contributed by atoms with Gasteiger partial charge in [0, 0.05) is 19.3 Å². The second kappa shape index (κ2) is 10.6. The van der Waals surface area contributed by atoms with Crippen LogP contribution in [0.25, 0.3) is 0 Å². The first-order valence-corrected chi connectivity index (χ1v) is 11.3. The second-order valence-corrected chi connectivity index (χ2v) is 9.18. The Kier molecular flexibility index (Phi) is 8.10. The zero-order valence-electron chi connectivity index (χ0n) is 19.7. The summed E-state index contributed by atoms with van der Waals surface area (Å²) in [7, 11) is 1.65. The minimum Gasteiger partial charge on any atom is -0.478 e. The van der Waals surface area contributed by atoms with E-state index in [1.165, 1.54) is 17.7 Å². The van der Waals surface area contributed by atoms with Crippen molar-refractivity contribution in [2.45, 2.75) is 69.5 Å². The van der Waals surface area contributed by atoms with E-state index in [1.807, 2.05) is 0 Å². The molecule has 0 amide bonds. The van der Waals surface area contributed by atoms with Crippen LogP contribution in [0.1, 0.15) is 40.0 Å². The zero-order chi connectivity index (χ0) is 24.1. The highest BCUT2D eigenvalue weighted by Gasteiger charge is 2.72. The Balaban J connectivity index is 1.59. The van der Waals surface area contributed by atoms with Crippen molar-refractivity contribution in [1.29, 1.82) is 0 Å². The van der Waals surface area contributed by atoms with Crippen molar-refractivity contribution in [1.82, 2.24) is 0 Å². The van der Waals surface area contributed by atoms with Gasteiger partial charge in [-0.1, -0.05) is 48.1 Å². The van der Waals surface area contributed by atoms with E-state index in [1.54, 1.807) is 37.5 Å². The summed E-state index contributed by atoms with van der Waals surface area (Å²) in [6.45, 7) is 6.96. The van der Waals surface area contributed by atoms with Gasteiger partial charge in [0.25, 0.3) is 0 Å². The van der Waals surface area contributed by atoms with Crippen molar-refractivity contribution < 1.29 is 33.6 Å². The van der Waals surface area contributed by atoms with E-state index in [-0.39, 0.29) is 35.4 Å². The highest BCUT2D eigenvalue weighted by atomic mass is 16.6. The van der Waals surface area contributed by atoms with Gasteiger partial charge in [0.1, 0.15) is 23.4 Å². The van der Waals surface area contributed by atoms with Gasteiger partial charge in [0.05, 0.1) is 18.6 Å². The van der Waals surface area contributed by atoms with E-state index < -0.39 is 11.9 Å². The summed E-state index contributed by atoms with van der Waals surface area (Å²) in [6.07, 6.45) is 16.0. The number of carboxylic acids is 1. The molecule has 0 bridgehead atoms. The smallest absolute Gasteiger partial charge is 0.331 e. The van der Waals surface area contributed by atoms with E-state index in [2.05, 4.69) is 26.8 Å². The number of esters is 1. The summed E-state index contributed by atoms with van der Waals surface area (Å²) in [5, 5.41) is 8.51. The third kappa shape index (κ3) is 6.31. The standard InChI is InChI=1S/C26H34O7/c1-18(2)13-14-20-25(3,33-20)24-23(30-4)19(15-16-26(24)17-31-26)32-22(29)12-10-8-6-5-7-9-11-21(27)28/h5-13,19-20,23-24H,14-17H2,1-4H3,(H,27,28)/b7-5+,8-6+,11-9+,12-10+/t19-,20+,23-,24+,25-,26-/m1/s1. The van der Waals surface area contributed by atoms with Crippen LogP contribution in [-0.2, 0) is 28.5 Å². The van der Waals surface area contributed by atoms with Crippen LogP contribution in [0.5, 0.6) is 0 Å². The average Bonchev–Trinajstić information content (AvgIpc) is 3.67. The molecule has 2 aliphatic heterocycles. The number of methoxy groups -OCH3 is 1. The van der Waals surface area contributed by atoms with E-state index >= 15 is 0 Å². The molecule has 3 rings (SSSR count). The fourth-order valence-corrected chi connectivity index (χ4v) is 4.79. The molecule has 2 heterocycles. The van der Waals surface area contributed by atoms with E-state index in [0.29, 0.717) is 13.0 Å². The largest absolute Gasteiger partial charge is 0.478 e. The summed E-state index contributed by atoms with van der Waals surface area (Å²) in [6, 6.07) is 0. The molecule has 3 aliphatic rings. The van der Waals surface area contributed by atoms with Gasteiger partial charge in [-0.2, -0.15) is 0 Å². The molecule has 33 heavy (non-hydrogen) atoms. The van der Waals surface area contributed by atoms with Crippen molar-refractivity contribution in [3.63, 3.8) is 0 Å². The molecule has 0 radical (unpaired) electrons. The van der Waals surface area contributed by atoms with Crippen molar-refractivity contribution >= 4 is 11.9 Å². The topological polar surface area (TPSA) is 97.9 Å². The van der Waals surface area contributed by atoms with Crippen LogP contribution in [0.4, 0.5) is 0 Å². The quantitative estimate of drug-likeness (QED) is 0.174. The lowest BCUT2D eigenvalue weighted by Crippen LogP contribution is -2.55. The minimum atomic E-state index is -1.00. The molecular weight excluding hydrogens is 424 g/mol. The number of carboxylic acid groups (broad SMARTS) is 1. The molecule has 7 heteroatoms. The average molecular weight is 459 g/mol. The van der Waals surface area contributed by atoms with Crippen LogP contribution < -0.4 is 0 Å². The molecule has 3 fully saturated rings. The molecule has 1 spiro atoms. The summed E-state index contributed by atoms with van der Waals surface area (Å²) < 4.78 is 23.8. The molecule has 0 aromatic carbocycles. The second-order valence-electron chi connectivity index (χ2n) is 9.18. The maximum Gasteiger partial charge on any atom is 0.331 e. The first-order chi connectivity index (χ1) is 15.7. The first kappa shape index (κ1) is 25.1. The summed E-state index contributed by atoms with van der Waals surface area (Å²) in [5.74, 6) is -1.45. The van der Waals surface area contributed by atoms with Crippen LogP contribution in [0.15, 0.2) is 60.3 Å². The van der Waals surface area contributed by atoms with Crippen molar-refractivity contribution in [3.05, 3.63) is 60.3 Å². The Morgan fingerprint density at radius 3 is 2.30 bits per heavy atom. The molecule has 180 valence electrons. The maximum absolute atomic E-state index is 12.4. The highest BCUT2D eigenvalue weighted by Crippen LogP contribution is 2.59. The van der Waals surface area contributed by atoms with Crippen LogP contribution in [0, 0.1) is 5.92 Å². The highest BCUT2D eigenvalue weighted by molar-refractivity contribution is 5.82. The predicted molar refractivity (Wildman–Crippen MR) is 124 cm³/mol. The molecule has 0 aromatic rings. The third-order valence-electron chi connectivity index (χ3n) is 6.53. The van der Waals surface area contributed by atoms with Crippen molar-refractivity contribution in [2.75, 3.05) is 13.7 Å². The first-order valence-electron chi connectivity index (χ1n) is 11.3. The molecule has 0 unspecified atom stereocenters. The summed E-state index contributed by atoms with van der Waals surface area (Å²) >= 11 is 0. The van der Waals surface area contributed by atoms with Gasteiger partial charge in [-0.25, -0.2) is 9.59 Å². The fourth-order valence-electron chi connectivity index (χ4n) is 4.79.